The molecule has 0 bridgehead atoms. The second-order valence-electron chi connectivity index (χ2n) is 6.74. The molecule has 1 saturated heterocycles. The Kier molecular flexibility index (Phi) is 3.30. The van der Waals surface area contributed by atoms with Gasteiger partial charge in [0.25, 0.3) is 0 Å². The minimum absolute atomic E-state index is 0.693. The minimum atomic E-state index is 0.693. The summed E-state index contributed by atoms with van der Waals surface area (Å²) in [6.07, 6.45) is 4.22. The third-order valence-corrected chi connectivity index (χ3v) is 5.10. The summed E-state index contributed by atoms with van der Waals surface area (Å²) in [5.74, 6) is 0.917. The predicted molar refractivity (Wildman–Crippen MR) is 81.8 cm³/mol. The Labute approximate surface area is 117 Å². The quantitative estimate of drug-likeness (QED) is 0.896. The number of aryl methyl sites for hydroxylation is 2. The second kappa shape index (κ2) is 4.82. The van der Waals surface area contributed by atoms with E-state index >= 15 is 0 Å². The highest BCUT2D eigenvalue weighted by Crippen LogP contribution is 2.58. The molecule has 19 heavy (non-hydrogen) atoms. The zero-order valence-corrected chi connectivity index (χ0v) is 12.5. The van der Waals surface area contributed by atoms with Gasteiger partial charge in [0.05, 0.1) is 0 Å². The van der Waals surface area contributed by atoms with E-state index in [9.17, 15) is 0 Å². The number of rotatable bonds is 3. The lowest BCUT2D eigenvalue weighted by Gasteiger charge is -2.26. The van der Waals surface area contributed by atoms with Crippen LogP contribution in [0.2, 0.25) is 0 Å². The first kappa shape index (κ1) is 13.0. The fourth-order valence-electron chi connectivity index (χ4n) is 3.83. The van der Waals surface area contributed by atoms with Gasteiger partial charge in [-0.1, -0.05) is 6.07 Å². The van der Waals surface area contributed by atoms with E-state index in [1.165, 1.54) is 55.7 Å². The normalized spacial score (nSPS) is 24.5. The van der Waals surface area contributed by atoms with Crippen LogP contribution in [0.15, 0.2) is 18.2 Å². The van der Waals surface area contributed by atoms with Crippen molar-refractivity contribution in [3.05, 3.63) is 29.3 Å². The smallest absolute Gasteiger partial charge is 0.0369 e. The number of nitrogens with zero attached hydrogens (tertiary/aromatic N) is 1. The fraction of sp³-hybridized carbons (Fsp3) is 0.647. The molecule has 1 N–H and O–H groups in total. The van der Waals surface area contributed by atoms with E-state index < -0.39 is 0 Å². The van der Waals surface area contributed by atoms with Crippen molar-refractivity contribution in [3.8, 4) is 0 Å². The molecule has 0 amide bonds. The molecule has 2 nitrogen and oxygen atoms in total. The van der Waals surface area contributed by atoms with Gasteiger partial charge in [0.2, 0.25) is 0 Å². The van der Waals surface area contributed by atoms with Crippen molar-refractivity contribution < 1.29 is 0 Å². The third-order valence-electron chi connectivity index (χ3n) is 5.10. The third kappa shape index (κ3) is 2.64. The molecule has 2 heteroatoms. The molecule has 1 saturated carbocycles. The van der Waals surface area contributed by atoms with Gasteiger partial charge < -0.3 is 10.2 Å². The number of piperidine rings is 1. The highest BCUT2D eigenvalue weighted by molar-refractivity contribution is 5.50. The van der Waals surface area contributed by atoms with Crippen molar-refractivity contribution in [3.63, 3.8) is 0 Å². The van der Waals surface area contributed by atoms with Crippen LogP contribution in [0.25, 0.3) is 0 Å². The molecule has 1 aromatic rings. The van der Waals surface area contributed by atoms with Crippen LogP contribution in [0.3, 0.4) is 0 Å². The van der Waals surface area contributed by atoms with E-state index in [2.05, 4.69) is 49.3 Å². The van der Waals surface area contributed by atoms with Crippen LogP contribution >= 0.6 is 0 Å². The molecule has 2 aliphatic rings. The SMILES string of the molecule is Cc1cc(C)cc(N(C)CC2CC23CCNCC3)c1. The van der Waals surface area contributed by atoms with E-state index in [1.807, 2.05) is 0 Å². The average Bonchev–Trinajstić information content (AvgIpc) is 3.00. The van der Waals surface area contributed by atoms with E-state index in [1.54, 1.807) is 0 Å². The highest BCUT2D eigenvalue weighted by atomic mass is 15.1. The first-order chi connectivity index (χ1) is 9.09. The molecule has 1 aliphatic carbocycles. The number of anilines is 1. The summed E-state index contributed by atoms with van der Waals surface area (Å²) in [6.45, 7) is 8.06. The molecule has 1 aromatic carbocycles. The molecule has 0 aromatic heterocycles. The van der Waals surface area contributed by atoms with Gasteiger partial charge in [-0.15, -0.1) is 0 Å². The molecule has 1 unspecified atom stereocenters. The molecule has 1 spiro atoms. The number of nitrogens with one attached hydrogen (secondary N) is 1. The molecular weight excluding hydrogens is 232 g/mol. The van der Waals surface area contributed by atoms with Crippen LogP contribution in [0.5, 0.6) is 0 Å². The lowest BCUT2D eigenvalue weighted by atomic mass is 9.92. The Morgan fingerprint density at radius 2 is 1.79 bits per heavy atom. The Morgan fingerprint density at radius 3 is 2.42 bits per heavy atom. The van der Waals surface area contributed by atoms with Gasteiger partial charge in [0.1, 0.15) is 0 Å². The van der Waals surface area contributed by atoms with Gasteiger partial charge in [-0.05, 0) is 80.8 Å². The maximum Gasteiger partial charge on any atom is 0.0369 e. The van der Waals surface area contributed by atoms with Crippen molar-refractivity contribution in [1.29, 1.82) is 0 Å². The van der Waals surface area contributed by atoms with Crippen LogP contribution in [0.4, 0.5) is 5.69 Å². The monoisotopic (exact) mass is 258 g/mol. The zero-order chi connectivity index (χ0) is 13.5. The summed E-state index contributed by atoms with van der Waals surface area (Å²) in [5, 5.41) is 3.49. The standard InChI is InChI=1S/C17H26N2/c1-13-8-14(2)10-16(9-13)19(3)12-15-11-17(15)4-6-18-7-5-17/h8-10,15,18H,4-7,11-12H2,1-3H3. The molecule has 0 radical (unpaired) electrons. The van der Waals surface area contributed by atoms with Gasteiger partial charge in [0.15, 0.2) is 0 Å². The van der Waals surface area contributed by atoms with Crippen LogP contribution in [-0.2, 0) is 0 Å². The van der Waals surface area contributed by atoms with Gasteiger partial charge in [-0.3, -0.25) is 0 Å². The Balaban J connectivity index is 1.64. The van der Waals surface area contributed by atoms with Gasteiger partial charge in [0, 0.05) is 19.3 Å². The lowest BCUT2D eigenvalue weighted by molar-refractivity contribution is 0.324. The molecular formula is C17H26N2. The lowest BCUT2D eigenvalue weighted by Crippen LogP contribution is -2.31. The van der Waals surface area contributed by atoms with Crippen LogP contribution in [0, 0.1) is 25.2 Å². The first-order valence-corrected chi connectivity index (χ1v) is 7.59. The summed E-state index contributed by atoms with van der Waals surface area (Å²) in [5.41, 5.74) is 4.82. The molecule has 1 atom stereocenters. The van der Waals surface area contributed by atoms with Gasteiger partial charge in [-0.25, -0.2) is 0 Å². The van der Waals surface area contributed by atoms with Crippen LogP contribution in [-0.4, -0.2) is 26.7 Å². The van der Waals surface area contributed by atoms with Crippen molar-refractivity contribution in [2.75, 3.05) is 31.6 Å². The van der Waals surface area contributed by atoms with E-state index in [-0.39, 0.29) is 0 Å². The van der Waals surface area contributed by atoms with E-state index in [0.717, 1.165) is 5.92 Å². The van der Waals surface area contributed by atoms with Crippen LogP contribution in [0.1, 0.15) is 30.4 Å². The van der Waals surface area contributed by atoms with Crippen LogP contribution < -0.4 is 10.2 Å². The van der Waals surface area contributed by atoms with E-state index in [0.29, 0.717) is 5.41 Å². The Morgan fingerprint density at radius 1 is 1.16 bits per heavy atom. The predicted octanol–water partition coefficient (Wildman–Crippen LogP) is 3.13. The van der Waals surface area contributed by atoms with E-state index in [4.69, 9.17) is 0 Å². The first-order valence-electron chi connectivity index (χ1n) is 7.59. The maximum absolute atomic E-state index is 3.49. The van der Waals surface area contributed by atoms with Crippen molar-refractivity contribution >= 4 is 5.69 Å². The molecule has 1 heterocycles. The summed E-state index contributed by atoms with van der Waals surface area (Å²) in [7, 11) is 2.25. The summed E-state index contributed by atoms with van der Waals surface area (Å²) in [6, 6.07) is 6.87. The molecule has 1 aliphatic heterocycles. The van der Waals surface area contributed by atoms with Gasteiger partial charge >= 0.3 is 0 Å². The summed E-state index contributed by atoms with van der Waals surface area (Å²) >= 11 is 0. The topological polar surface area (TPSA) is 15.3 Å². The molecule has 104 valence electrons. The van der Waals surface area contributed by atoms with Crippen molar-refractivity contribution in [1.82, 2.24) is 5.32 Å². The summed E-state index contributed by atoms with van der Waals surface area (Å²) in [4.78, 5) is 2.46. The number of hydrogen-bond donors (Lipinski definition) is 1. The highest BCUT2D eigenvalue weighted by Gasteiger charge is 2.53. The molecule has 2 fully saturated rings. The van der Waals surface area contributed by atoms with Crippen molar-refractivity contribution in [2.24, 2.45) is 11.3 Å². The van der Waals surface area contributed by atoms with Gasteiger partial charge in [-0.2, -0.15) is 0 Å². The largest absolute Gasteiger partial charge is 0.374 e. The fourth-order valence-corrected chi connectivity index (χ4v) is 3.83. The number of benzene rings is 1. The average molecular weight is 258 g/mol. The van der Waals surface area contributed by atoms with Crippen molar-refractivity contribution in [2.45, 2.75) is 33.1 Å². The maximum atomic E-state index is 3.49. The zero-order valence-electron chi connectivity index (χ0n) is 12.5. The Bertz CT molecular complexity index is 440. The summed E-state index contributed by atoms with van der Waals surface area (Å²) < 4.78 is 0. The minimum Gasteiger partial charge on any atom is -0.374 e. The Hall–Kier alpha value is -1.02. The molecule has 3 rings (SSSR count). The second-order valence-corrected chi connectivity index (χ2v) is 6.74. The number of hydrogen-bond acceptors (Lipinski definition) is 2.